The summed E-state index contributed by atoms with van der Waals surface area (Å²) in [4.78, 5) is 18.9. The third-order valence-corrected chi connectivity index (χ3v) is 5.63. The van der Waals surface area contributed by atoms with Gasteiger partial charge in [-0.15, -0.1) is 0 Å². The highest BCUT2D eigenvalue weighted by Gasteiger charge is 2.52. The zero-order valence-electron chi connectivity index (χ0n) is 19.1. The minimum absolute atomic E-state index is 0.00111. The van der Waals surface area contributed by atoms with Crippen LogP contribution in [0.1, 0.15) is 46.6 Å². The van der Waals surface area contributed by atoms with E-state index in [0.29, 0.717) is 19.6 Å². The molecule has 6 nitrogen and oxygen atoms in total. The molecule has 3 rings (SSSR count). The summed E-state index contributed by atoms with van der Waals surface area (Å²) in [6.07, 6.45) is 1.15. The van der Waals surface area contributed by atoms with Crippen molar-refractivity contribution >= 4 is 11.8 Å². The second-order valence-corrected chi connectivity index (χ2v) is 9.74. The highest BCUT2D eigenvalue weighted by Crippen LogP contribution is 2.26. The number of nitrogens with zero attached hydrogens (tertiary/aromatic N) is 1. The monoisotopic (exact) mass is 416 g/mol. The Kier molecular flexibility index (Phi) is 7.53. The fourth-order valence-electron chi connectivity index (χ4n) is 4.23. The number of aryl methyl sites for hydroxylation is 1. The number of carbonyl (C=O) groups excluding carboxylic acids is 1. The lowest BCUT2D eigenvalue weighted by molar-refractivity contribution is -0.548. The summed E-state index contributed by atoms with van der Waals surface area (Å²) in [6, 6.07) is 10.1. The van der Waals surface area contributed by atoms with E-state index >= 15 is 0 Å². The van der Waals surface area contributed by atoms with Gasteiger partial charge in [0.2, 0.25) is 5.91 Å². The van der Waals surface area contributed by atoms with E-state index in [2.05, 4.69) is 62.0 Å². The molecule has 2 N–H and O–H groups in total. The van der Waals surface area contributed by atoms with Gasteiger partial charge in [0.25, 0.3) is 0 Å². The Bertz CT molecular complexity index is 721. The maximum atomic E-state index is 12.9. The normalized spacial score (nSPS) is 26.7. The van der Waals surface area contributed by atoms with Crippen molar-refractivity contribution in [3.05, 3.63) is 35.9 Å². The summed E-state index contributed by atoms with van der Waals surface area (Å²) in [5.74, 6) is 1.23. The van der Waals surface area contributed by atoms with Gasteiger partial charge in [-0.05, 0) is 38.7 Å². The lowest BCUT2D eigenvalue weighted by atomic mass is 9.94. The standard InChI is InChI=1S/C24H37N3O3/c1-17(2)22-20(25-19(28)12-11-18-9-7-6-8-10-18)21(27-13-15-29-16-14-27)23(30-22)26-24(3,4)5/h6-10,17,20-22H,11-16H2,1-5H3,(H,25,28)/p+1/t20-,21-,22+/m0/s1. The van der Waals surface area contributed by atoms with Crippen LogP contribution in [0.15, 0.2) is 30.3 Å². The zero-order valence-corrected chi connectivity index (χ0v) is 19.1. The molecule has 2 aliphatic rings. The summed E-state index contributed by atoms with van der Waals surface area (Å²) < 4.78 is 12.0. The summed E-state index contributed by atoms with van der Waals surface area (Å²) in [5, 5.41) is 3.34. The van der Waals surface area contributed by atoms with E-state index in [9.17, 15) is 4.79 Å². The van der Waals surface area contributed by atoms with E-state index < -0.39 is 0 Å². The van der Waals surface area contributed by atoms with Crippen LogP contribution >= 0.6 is 0 Å². The van der Waals surface area contributed by atoms with Crippen molar-refractivity contribution in [3.63, 3.8) is 0 Å². The average Bonchev–Trinajstić information content (AvgIpc) is 3.04. The molecule has 0 bridgehead atoms. The molecule has 3 atom stereocenters. The van der Waals surface area contributed by atoms with Crippen molar-refractivity contribution < 1.29 is 19.3 Å². The van der Waals surface area contributed by atoms with Gasteiger partial charge >= 0.3 is 5.90 Å². The Morgan fingerprint density at radius 1 is 1.20 bits per heavy atom. The number of morpholine rings is 1. The van der Waals surface area contributed by atoms with Crippen LogP contribution in [0.5, 0.6) is 0 Å². The fourth-order valence-corrected chi connectivity index (χ4v) is 4.23. The summed E-state index contributed by atoms with van der Waals surface area (Å²) >= 11 is 0. The van der Waals surface area contributed by atoms with E-state index in [0.717, 1.165) is 25.4 Å². The largest absolute Gasteiger partial charge is 0.441 e. The molecule has 2 fully saturated rings. The highest BCUT2D eigenvalue weighted by molar-refractivity contribution is 5.83. The van der Waals surface area contributed by atoms with Gasteiger partial charge in [-0.2, -0.15) is 0 Å². The number of ether oxygens (including phenoxy) is 2. The van der Waals surface area contributed by atoms with Crippen molar-refractivity contribution in [1.29, 1.82) is 0 Å². The number of nitrogens with one attached hydrogen (secondary N) is 2. The van der Waals surface area contributed by atoms with Crippen LogP contribution in [-0.2, 0) is 20.7 Å². The van der Waals surface area contributed by atoms with Crippen LogP contribution < -0.4 is 10.3 Å². The maximum absolute atomic E-state index is 12.9. The number of amides is 1. The number of hydrogen-bond donors (Lipinski definition) is 2. The molecule has 0 unspecified atom stereocenters. The Morgan fingerprint density at radius 2 is 1.87 bits per heavy atom. The summed E-state index contributed by atoms with van der Waals surface area (Å²) in [7, 11) is 0. The molecule has 0 aromatic heterocycles. The summed E-state index contributed by atoms with van der Waals surface area (Å²) in [5.41, 5.74) is 1.07. The second-order valence-electron chi connectivity index (χ2n) is 9.74. The van der Waals surface area contributed by atoms with Crippen LogP contribution in [-0.4, -0.2) is 66.7 Å². The van der Waals surface area contributed by atoms with Crippen LogP contribution in [0.2, 0.25) is 0 Å². The quantitative estimate of drug-likeness (QED) is 0.730. The van der Waals surface area contributed by atoms with E-state index in [4.69, 9.17) is 9.47 Å². The molecule has 1 aromatic carbocycles. The Morgan fingerprint density at radius 3 is 2.47 bits per heavy atom. The third-order valence-electron chi connectivity index (χ3n) is 5.63. The number of benzene rings is 1. The van der Waals surface area contributed by atoms with Gasteiger partial charge in [-0.25, -0.2) is 4.99 Å². The molecule has 2 heterocycles. The highest BCUT2D eigenvalue weighted by atomic mass is 16.5. The maximum Gasteiger partial charge on any atom is 0.355 e. The third kappa shape index (κ3) is 6.05. The average molecular weight is 417 g/mol. The Balaban J connectivity index is 1.79. The first-order valence-electron chi connectivity index (χ1n) is 11.2. The first-order valence-corrected chi connectivity index (χ1v) is 11.2. The number of carbonyl (C=O) groups is 1. The molecule has 30 heavy (non-hydrogen) atoms. The zero-order chi connectivity index (χ0) is 21.7. The Hall–Kier alpha value is -1.92. The topological polar surface area (TPSA) is 64.8 Å². The van der Waals surface area contributed by atoms with Gasteiger partial charge in [0.1, 0.15) is 6.10 Å². The molecule has 1 amide bonds. The molecular weight excluding hydrogens is 378 g/mol. The molecular formula is C24H38N3O3+. The minimum atomic E-state index is -0.117. The van der Waals surface area contributed by atoms with E-state index in [1.807, 2.05) is 18.2 Å². The smallest absolute Gasteiger partial charge is 0.355 e. The van der Waals surface area contributed by atoms with Crippen molar-refractivity contribution in [3.8, 4) is 0 Å². The van der Waals surface area contributed by atoms with Crippen LogP contribution in [0.4, 0.5) is 0 Å². The predicted molar refractivity (Wildman–Crippen MR) is 118 cm³/mol. The molecule has 6 heteroatoms. The first kappa shape index (κ1) is 22.8. The van der Waals surface area contributed by atoms with Crippen LogP contribution in [0, 0.1) is 5.92 Å². The van der Waals surface area contributed by atoms with E-state index in [1.54, 1.807) is 0 Å². The van der Waals surface area contributed by atoms with Gasteiger partial charge in [-0.3, -0.25) is 9.69 Å². The first-order chi connectivity index (χ1) is 14.2. The van der Waals surface area contributed by atoms with Crippen molar-refractivity contribution in [2.75, 3.05) is 26.3 Å². The van der Waals surface area contributed by atoms with Gasteiger partial charge in [0.15, 0.2) is 11.6 Å². The van der Waals surface area contributed by atoms with Gasteiger partial charge in [-0.1, -0.05) is 44.2 Å². The molecule has 2 saturated heterocycles. The molecule has 0 radical (unpaired) electrons. The molecule has 2 aliphatic heterocycles. The minimum Gasteiger partial charge on any atom is -0.441 e. The van der Waals surface area contributed by atoms with Crippen molar-refractivity contribution in [2.24, 2.45) is 5.92 Å². The lowest BCUT2D eigenvalue weighted by Gasteiger charge is -2.34. The lowest BCUT2D eigenvalue weighted by Crippen LogP contribution is -2.86. The summed E-state index contributed by atoms with van der Waals surface area (Å²) in [6.45, 7) is 13.8. The number of hydrogen-bond acceptors (Lipinski definition) is 4. The van der Waals surface area contributed by atoms with Crippen molar-refractivity contribution in [2.45, 2.75) is 71.2 Å². The van der Waals surface area contributed by atoms with Crippen LogP contribution in [0.3, 0.4) is 0 Å². The number of rotatable bonds is 6. The molecule has 0 spiro atoms. The van der Waals surface area contributed by atoms with Crippen molar-refractivity contribution in [1.82, 2.24) is 10.2 Å². The molecule has 166 valence electrons. The SMILES string of the molecule is CC(C)[C@H]1OC(=[NH+]C(C)(C)C)[C@@H](N2CCOCC2)[C@@H]1NC(=O)CCc1ccccc1. The molecule has 0 aliphatic carbocycles. The van der Waals surface area contributed by atoms with Gasteiger partial charge in [0, 0.05) is 19.5 Å². The van der Waals surface area contributed by atoms with Crippen LogP contribution in [0.25, 0.3) is 0 Å². The van der Waals surface area contributed by atoms with E-state index in [-0.39, 0.29) is 35.6 Å². The molecule has 1 aromatic rings. The second kappa shape index (κ2) is 9.92. The molecule has 0 saturated carbocycles. The Labute approximate surface area is 181 Å². The van der Waals surface area contributed by atoms with Gasteiger partial charge in [0.05, 0.1) is 19.3 Å². The van der Waals surface area contributed by atoms with Gasteiger partial charge < -0.3 is 14.8 Å². The van der Waals surface area contributed by atoms with E-state index in [1.165, 1.54) is 5.56 Å². The predicted octanol–water partition coefficient (Wildman–Crippen LogP) is 1.14. The fraction of sp³-hybridized carbons (Fsp3) is 0.667.